The van der Waals surface area contributed by atoms with Gasteiger partial charge in [-0.2, -0.15) is 0 Å². The van der Waals surface area contributed by atoms with Crippen molar-refractivity contribution in [3.63, 3.8) is 0 Å². The third kappa shape index (κ3) is 3.20. The van der Waals surface area contributed by atoms with E-state index in [0.29, 0.717) is 12.6 Å². The predicted octanol–water partition coefficient (Wildman–Crippen LogP) is 1.75. The molecule has 0 atom stereocenters. The van der Waals surface area contributed by atoms with Crippen LogP contribution in [0.25, 0.3) is 0 Å². The van der Waals surface area contributed by atoms with Crippen LogP contribution in [0.1, 0.15) is 24.0 Å². The number of carbonyl (C=O) groups is 1. The summed E-state index contributed by atoms with van der Waals surface area (Å²) in [4.78, 5) is 12.7. The van der Waals surface area contributed by atoms with Crippen LogP contribution >= 0.6 is 0 Å². The molecular weight excluding hydrogens is 218 g/mol. The van der Waals surface area contributed by atoms with Gasteiger partial charge in [-0.3, -0.25) is 9.69 Å². The Labute approximate surface area is 100 Å². The molecule has 0 saturated heterocycles. The van der Waals surface area contributed by atoms with Crippen LogP contribution in [0.5, 0.6) is 5.75 Å². The Hall–Kier alpha value is -1.55. The van der Waals surface area contributed by atoms with Gasteiger partial charge in [0.2, 0.25) is 0 Å². The van der Waals surface area contributed by atoms with Gasteiger partial charge in [0.05, 0.1) is 6.54 Å². The van der Waals surface area contributed by atoms with Gasteiger partial charge >= 0.3 is 5.97 Å². The molecule has 0 unspecified atom stereocenters. The van der Waals surface area contributed by atoms with Crippen molar-refractivity contribution in [3.05, 3.63) is 29.3 Å². The normalized spacial score (nSPS) is 15.2. The van der Waals surface area contributed by atoms with E-state index in [1.54, 1.807) is 6.07 Å². The standard InChI is InChI=1S/C13H17NO3/c1-9-2-5-12(15)10(6-9)7-14(8-13(16)17)11-3-4-11/h2,5-6,11,15H,3-4,7-8H2,1H3,(H,16,17). The Kier molecular flexibility index (Phi) is 3.33. The van der Waals surface area contributed by atoms with Crippen molar-refractivity contribution < 1.29 is 15.0 Å². The van der Waals surface area contributed by atoms with Gasteiger partial charge in [-0.05, 0) is 25.8 Å². The monoisotopic (exact) mass is 235 g/mol. The number of carboxylic acids is 1. The molecule has 4 nitrogen and oxygen atoms in total. The zero-order valence-electron chi connectivity index (χ0n) is 9.89. The maximum absolute atomic E-state index is 10.8. The Balaban J connectivity index is 2.10. The highest BCUT2D eigenvalue weighted by Crippen LogP contribution is 2.30. The van der Waals surface area contributed by atoms with Gasteiger partial charge in [0.1, 0.15) is 5.75 Å². The minimum atomic E-state index is -0.816. The first kappa shape index (κ1) is 11.9. The molecule has 1 aliphatic rings. The molecule has 1 aromatic rings. The molecule has 92 valence electrons. The summed E-state index contributed by atoms with van der Waals surface area (Å²) < 4.78 is 0. The fraction of sp³-hybridized carbons (Fsp3) is 0.462. The highest BCUT2D eigenvalue weighted by molar-refractivity contribution is 5.69. The highest BCUT2D eigenvalue weighted by Gasteiger charge is 2.30. The second kappa shape index (κ2) is 4.75. The van der Waals surface area contributed by atoms with Crippen LogP contribution < -0.4 is 0 Å². The third-order valence-corrected chi connectivity index (χ3v) is 3.01. The van der Waals surface area contributed by atoms with Crippen LogP contribution in [0.15, 0.2) is 18.2 Å². The molecule has 0 heterocycles. The maximum Gasteiger partial charge on any atom is 0.317 e. The Morgan fingerprint density at radius 2 is 2.18 bits per heavy atom. The number of aromatic hydroxyl groups is 1. The lowest BCUT2D eigenvalue weighted by Crippen LogP contribution is -2.31. The van der Waals surface area contributed by atoms with Crippen LogP contribution in [0, 0.1) is 6.92 Å². The van der Waals surface area contributed by atoms with Crippen molar-refractivity contribution in [1.29, 1.82) is 0 Å². The molecule has 0 bridgehead atoms. The first-order valence-corrected chi connectivity index (χ1v) is 5.80. The molecular formula is C13H17NO3. The number of hydrogen-bond acceptors (Lipinski definition) is 3. The molecule has 0 aromatic heterocycles. The molecule has 1 aliphatic carbocycles. The number of hydrogen-bond donors (Lipinski definition) is 2. The average Bonchev–Trinajstić information content (AvgIpc) is 3.05. The SMILES string of the molecule is Cc1ccc(O)c(CN(CC(=O)O)C2CC2)c1. The molecule has 1 aromatic carbocycles. The van der Waals surface area contributed by atoms with Gasteiger partial charge in [-0.1, -0.05) is 17.7 Å². The lowest BCUT2D eigenvalue weighted by atomic mass is 10.1. The van der Waals surface area contributed by atoms with Gasteiger partial charge in [0.15, 0.2) is 0 Å². The summed E-state index contributed by atoms with van der Waals surface area (Å²) in [5.74, 6) is -0.573. The Morgan fingerprint density at radius 1 is 1.47 bits per heavy atom. The van der Waals surface area contributed by atoms with Gasteiger partial charge in [-0.25, -0.2) is 0 Å². The number of carboxylic acid groups (broad SMARTS) is 1. The van der Waals surface area contributed by atoms with Gasteiger partial charge < -0.3 is 10.2 Å². The van der Waals surface area contributed by atoms with Crippen molar-refractivity contribution in [1.82, 2.24) is 4.90 Å². The van der Waals surface area contributed by atoms with Crippen LogP contribution in [0.2, 0.25) is 0 Å². The first-order chi connectivity index (χ1) is 8.06. The van der Waals surface area contributed by atoms with Crippen molar-refractivity contribution in [2.75, 3.05) is 6.54 Å². The predicted molar refractivity (Wildman–Crippen MR) is 63.9 cm³/mol. The quantitative estimate of drug-likeness (QED) is 0.816. The van der Waals surface area contributed by atoms with Gasteiger partial charge in [-0.15, -0.1) is 0 Å². The average molecular weight is 235 g/mol. The van der Waals surface area contributed by atoms with Crippen LogP contribution in [-0.2, 0) is 11.3 Å². The number of benzene rings is 1. The summed E-state index contributed by atoms with van der Waals surface area (Å²) in [6.07, 6.45) is 2.11. The van der Waals surface area contributed by atoms with Crippen molar-refractivity contribution >= 4 is 5.97 Å². The van der Waals surface area contributed by atoms with Gasteiger partial charge in [0.25, 0.3) is 0 Å². The fourth-order valence-electron chi connectivity index (χ4n) is 1.99. The molecule has 2 N–H and O–H groups in total. The molecule has 1 fully saturated rings. The van der Waals surface area contributed by atoms with Crippen molar-refractivity contribution in [3.8, 4) is 5.75 Å². The van der Waals surface area contributed by atoms with E-state index >= 15 is 0 Å². The number of nitrogens with zero attached hydrogens (tertiary/aromatic N) is 1. The summed E-state index contributed by atoms with van der Waals surface area (Å²) in [6.45, 7) is 2.50. The molecule has 0 radical (unpaired) electrons. The molecule has 0 aliphatic heterocycles. The van der Waals surface area contributed by atoms with Gasteiger partial charge in [0, 0.05) is 18.2 Å². The molecule has 0 spiro atoms. The maximum atomic E-state index is 10.8. The van der Waals surface area contributed by atoms with Crippen molar-refractivity contribution in [2.24, 2.45) is 0 Å². The Morgan fingerprint density at radius 3 is 2.76 bits per heavy atom. The second-order valence-electron chi connectivity index (χ2n) is 4.66. The van der Waals surface area contributed by atoms with Crippen molar-refractivity contribution in [2.45, 2.75) is 32.4 Å². The summed E-state index contributed by atoms with van der Waals surface area (Å²) in [5, 5.41) is 18.6. The summed E-state index contributed by atoms with van der Waals surface area (Å²) in [6, 6.07) is 5.78. The minimum absolute atomic E-state index is 0.0397. The number of phenolic OH excluding ortho intramolecular Hbond substituents is 1. The number of aryl methyl sites for hydroxylation is 1. The van der Waals surface area contributed by atoms with E-state index in [1.807, 2.05) is 24.0 Å². The molecule has 17 heavy (non-hydrogen) atoms. The smallest absolute Gasteiger partial charge is 0.317 e. The van der Waals surface area contributed by atoms with E-state index in [1.165, 1.54) is 0 Å². The fourth-order valence-corrected chi connectivity index (χ4v) is 1.99. The van der Waals surface area contributed by atoms with E-state index in [9.17, 15) is 9.90 Å². The number of phenols is 1. The van der Waals surface area contributed by atoms with E-state index in [0.717, 1.165) is 24.0 Å². The minimum Gasteiger partial charge on any atom is -0.508 e. The number of aliphatic carboxylic acids is 1. The number of rotatable bonds is 5. The van der Waals surface area contributed by atoms with E-state index in [-0.39, 0.29) is 12.3 Å². The molecule has 0 amide bonds. The Bertz CT molecular complexity index is 427. The molecule has 1 saturated carbocycles. The lowest BCUT2D eigenvalue weighted by molar-refractivity contribution is -0.138. The van der Waals surface area contributed by atoms with E-state index in [4.69, 9.17) is 5.11 Å². The van der Waals surface area contributed by atoms with Crippen LogP contribution in [0.4, 0.5) is 0 Å². The topological polar surface area (TPSA) is 60.8 Å². The van der Waals surface area contributed by atoms with Crippen LogP contribution in [-0.4, -0.2) is 33.7 Å². The second-order valence-corrected chi connectivity index (χ2v) is 4.66. The highest BCUT2D eigenvalue weighted by atomic mass is 16.4. The molecule has 2 rings (SSSR count). The zero-order valence-corrected chi connectivity index (χ0v) is 9.89. The van der Waals surface area contributed by atoms with E-state index in [2.05, 4.69) is 0 Å². The van der Waals surface area contributed by atoms with E-state index < -0.39 is 5.97 Å². The summed E-state index contributed by atoms with van der Waals surface area (Å²) in [7, 11) is 0. The lowest BCUT2D eigenvalue weighted by Gasteiger charge is -2.20. The summed E-state index contributed by atoms with van der Waals surface area (Å²) >= 11 is 0. The third-order valence-electron chi connectivity index (χ3n) is 3.01. The zero-order chi connectivity index (χ0) is 12.4. The first-order valence-electron chi connectivity index (χ1n) is 5.80. The largest absolute Gasteiger partial charge is 0.508 e. The molecule has 4 heteroatoms. The van der Waals surface area contributed by atoms with Crippen LogP contribution in [0.3, 0.4) is 0 Å². The summed E-state index contributed by atoms with van der Waals surface area (Å²) in [5.41, 5.74) is 1.88.